The molecule has 2 aromatic carbocycles. The summed E-state index contributed by atoms with van der Waals surface area (Å²) < 4.78 is 5.79. The topological polar surface area (TPSA) is 59.6 Å². The molecule has 4 nitrogen and oxygen atoms in total. The quantitative estimate of drug-likeness (QED) is 0.488. The molecule has 114 valence electrons. The van der Waals surface area contributed by atoms with E-state index in [1.165, 1.54) is 0 Å². The van der Waals surface area contributed by atoms with E-state index in [4.69, 9.17) is 33.7 Å². The average molecular weight is 354 g/mol. The number of hydrazone groups is 1. The van der Waals surface area contributed by atoms with Crippen LogP contribution >= 0.6 is 35.4 Å². The second-order valence-electron chi connectivity index (χ2n) is 4.30. The number of nitrogens with zero attached hydrogens (tertiary/aromatic N) is 1. The predicted molar refractivity (Wildman–Crippen MR) is 94.8 cm³/mol. The lowest BCUT2D eigenvalue weighted by Gasteiger charge is -2.10. The van der Waals surface area contributed by atoms with Gasteiger partial charge in [0, 0.05) is 21.2 Å². The lowest BCUT2D eigenvalue weighted by Crippen LogP contribution is -2.24. The highest BCUT2D eigenvalue weighted by molar-refractivity contribution is 7.80. The zero-order valence-electron chi connectivity index (χ0n) is 11.4. The van der Waals surface area contributed by atoms with E-state index in [1.807, 2.05) is 30.3 Å². The maximum atomic E-state index is 6.12. The van der Waals surface area contributed by atoms with E-state index in [2.05, 4.69) is 22.7 Å². The van der Waals surface area contributed by atoms with Crippen LogP contribution < -0.4 is 15.9 Å². The van der Waals surface area contributed by atoms with Crippen molar-refractivity contribution in [2.24, 2.45) is 10.8 Å². The lowest BCUT2D eigenvalue weighted by atomic mass is 10.2. The summed E-state index contributed by atoms with van der Waals surface area (Å²) in [5.74, 6) is 0.669. The van der Waals surface area contributed by atoms with E-state index >= 15 is 0 Å². The van der Waals surface area contributed by atoms with Crippen LogP contribution in [0.4, 0.5) is 0 Å². The molecular weight excluding hydrogens is 341 g/mol. The third kappa shape index (κ3) is 4.87. The smallest absolute Gasteiger partial charge is 0.184 e. The van der Waals surface area contributed by atoms with Gasteiger partial charge in [0.05, 0.1) is 6.21 Å². The third-order valence-electron chi connectivity index (χ3n) is 2.70. The maximum Gasteiger partial charge on any atom is 0.184 e. The van der Waals surface area contributed by atoms with Crippen LogP contribution in [0.1, 0.15) is 11.1 Å². The number of benzene rings is 2. The Kier molecular flexibility index (Phi) is 6.00. The van der Waals surface area contributed by atoms with Crippen LogP contribution in [0.15, 0.2) is 47.6 Å². The number of ether oxygens (including phenoxy) is 1. The van der Waals surface area contributed by atoms with Gasteiger partial charge < -0.3 is 10.5 Å². The molecule has 7 heteroatoms. The molecule has 0 heterocycles. The molecule has 0 atom stereocenters. The van der Waals surface area contributed by atoms with Gasteiger partial charge in [0.25, 0.3) is 0 Å². The second kappa shape index (κ2) is 7.98. The Balaban J connectivity index is 2.09. The molecule has 0 aliphatic carbocycles. The van der Waals surface area contributed by atoms with Gasteiger partial charge in [-0.2, -0.15) is 5.10 Å². The zero-order chi connectivity index (χ0) is 15.9. The van der Waals surface area contributed by atoms with Crippen molar-refractivity contribution in [1.29, 1.82) is 0 Å². The van der Waals surface area contributed by atoms with Crippen molar-refractivity contribution in [2.45, 2.75) is 6.61 Å². The Morgan fingerprint density at radius 2 is 2.05 bits per heavy atom. The first kappa shape index (κ1) is 16.5. The molecule has 3 N–H and O–H groups in total. The summed E-state index contributed by atoms with van der Waals surface area (Å²) in [7, 11) is 0. The molecule has 0 fully saturated rings. The molecule has 2 rings (SSSR count). The fourth-order valence-corrected chi connectivity index (χ4v) is 2.19. The Bertz CT molecular complexity index is 707. The zero-order valence-corrected chi connectivity index (χ0v) is 13.8. The largest absolute Gasteiger partial charge is 0.488 e. The van der Waals surface area contributed by atoms with Gasteiger partial charge in [-0.15, -0.1) is 0 Å². The first-order valence-electron chi connectivity index (χ1n) is 6.30. The van der Waals surface area contributed by atoms with Crippen molar-refractivity contribution in [3.05, 3.63) is 63.6 Å². The van der Waals surface area contributed by atoms with E-state index in [9.17, 15) is 0 Å². The van der Waals surface area contributed by atoms with Gasteiger partial charge >= 0.3 is 0 Å². The Morgan fingerprint density at radius 1 is 1.27 bits per heavy atom. The number of halogens is 2. The van der Waals surface area contributed by atoms with Crippen molar-refractivity contribution in [3.63, 3.8) is 0 Å². The summed E-state index contributed by atoms with van der Waals surface area (Å²) in [5, 5.41) is 5.17. The molecule has 0 aliphatic rings. The Labute approximate surface area is 143 Å². The van der Waals surface area contributed by atoms with Crippen molar-refractivity contribution in [2.75, 3.05) is 0 Å². The van der Waals surface area contributed by atoms with Gasteiger partial charge in [-0.05, 0) is 36.5 Å². The minimum absolute atomic E-state index is 0.0996. The average Bonchev–Trinajstić information content (AvgIpc) is 2.47. The predicted octanol–water partition coefficient (Wildman–Crippen LogP) is 3.74. The van der Waals surface area contributed by atoms with Crippen molar-refractivity contribution in [3.8, 4) is 5.75 Å². The van der Waals surface area contributed by atoms with E-state index in [-0.39, 0.29) is 5.11 Å². The van der Waals surface area contributed by atoms with Gasteiger partial charge in [0.15, 0.2) is 5.11 Å². The van der Waals surface area contributed by atoms with E-state index in [1.54, 1.807) is 18.3 Å². The van der Waals surface area contributed by atoms with Crippen LogP contribution in [0.25, 0.3) is 0 Å². The highest BCUT2D eigenvalue weighted by Gasteiger charge is 2.05. The summed E-state index contributed by atoms with van der Waals surface area (Å²) in [6.45, 7) is 0.323. The van der Waals surface area contributed by atoms with Crippen molar-refractivity contribution in [1.82, 2.24) is 5.43 Å². The van der Waals surface area contributed by atoms with Crippen LogP contribution in [0.5, 0.6) is 5.75 Å². The summed E-state index contributed by atoms with van der Waals surface area (Å²) >= 11 is 16.7. The molecule has 0 unspecified atom stereocenters. The number of thiocarbonyl (C=S) groups is 1. The summed E-state index contributed by atoms with van der Waals surface area (Å²) in [6.07, 6.45) is 1.58. The first-order valence-corrected chi connectivity index (χ1v) is 7.47. The van der Waals surface area contributed by atoms with Gasteiger partial charge in [-0.3, -0.25) is 5.43 Å². The van der Waals surface area contributed by atoms with E-state index in [0.717, 1.165) is 11.1 Å². The normalized spacial score (nSPS) is 10.6. The maximum absolute atomic E-state index is 6.12. The van der Waals surface area contributed by atoms with Crippen LogP contribution in [-0.2, 0) is 6.61 Å². The number of nitrogens with one attached hydrogen (secondary N) is 1. The molecule has 0 saturated heterocycles. The molecular formula is C15H13Cl2N3OS. The molecule has 22 heavy (non-hydrogen) atoms. The number of hydrogen-bond donors (Lipinski definition) is 2. The summed E-state index contributed by atoms with van der Waals surface area (Å²) in [5.41, 5.74) is 9.44. The van der Waals surface area contributed by atoms with Gasteiger partial charge in [-0.25, -0.2) is 0 Å². The van der Waals surface area contributed by atoms with Crippen LogP contribution in [0, 0.1) is 0 Å². The second-order valence-corrected chi connectivity index (χ2v) is 5.58. The molecule has 0 aromatic heterocycles. The van der Waals surface area contributed by atoms with Crippen LogP contribution in [0.3, 0.4) is 0 Å². The molecule has 0 radical (unpaired) electrons. The number of nitrogens with two attached hydrogens (primary N) is 1. The van der Waals surface area contributed by atoms with Gasteiger partial charge in [-0.1, -0.05) is 41.4 Å². The standard InChI is InChI=1S/C15H13Cl2N3OS/c16-12-6-5-11(13(17)7-12)9-21-14-4-2-1-3-10(14)8-19-20-15(18)22/h1-8H,9H2,(H3,18,20,22)/b19-8-. The van der Waals surface area contributed by atoms with Crippen LogP contribution in [0.2, 0.25) is 10.0 Å². The monoisotopic (exact) mass is 353 g/mol. The fraction of sp³-hybridized carbons (Fsp3) is 0.0667. The number of para-hydroxylation sites is 1. The molecule has 0 aliphatic heterocycles. The van der Waals surface area contributed by atoms with Crippen LogP contribution in [-0.4, -0.2) is 11.3 Å². The molecule has 0 saturated carbocycles. The number of rotatable bonds is 5. The molecule has 0 amide bonds. The summed E-state index contributed by atoms with van der Waals surface area (Å²) in [4.78, 5) is 0. The van der Waals surface area contributed by atoms with Crippen molar-refractivity contribution >= 4 is 46.7 Å². The Morgan fingerprint density at radius 3 is 2.77 bits per heavy atom. The minimum Gasteiger partial charge on any atom is -0.488 e. The van der Waals surface area contributed by atoms with Gasteiger partial charge in [0.2, 0.25) is 0 Å². The van der Waals surface area contributed by atoms with E-state index < -0.39 is 0 Å². The van der Waals surface area contributed by atoms with E-state index in [0.29, 0.717) is 22.4 Å². The van der Waals surface area contributed by atoms with Crippen molar-refractivity contribution < 1.29 is 4.74 Å². The highest BCUT2D eigenvalue weighted by Crippen LogP contribution is 2.23. The highest BCUT2D eigenvalue weighted by atomic mass is 35.5. The molecule has 0 bridgehead atoms. The Hall–Kier alpha value is -1.82. The fourth-order valence-electron chi connectivity index (χ4n) is 1.68. The number of hydrogen-bond acceptors (Lipinski definition) is 3. The lowest BCUT2D eigenvalue weighted by molar-refractivity contribution is 0.306. The molecule has 0 spiro atoms. The summed E-state index contributed by atoms with van der Waals surface area (Å²) in [6, 6.07) is 12.7. The SMILES string of the molecule is NC(=S)N/N=C\c1ccccc1OCc1ccc(Cl)cc1Cl. The first-order chi connectivity index (χ1) is 10.6. The molecule has 2 aromatic rings. The van der Waals surface area contributed by atoms with Gasteiger partial charge in [0.1, 0.15) is 12.4 Å². The third-order valence-corrected chi connectivity index (χ3v) is 3.37. The minimum atomic E-state index is 0.0996.